The van der Waals surface area contributed by atoms with Gasteiger partial charge in [0.1, 0.15) is 0 Å². The maximum atomic E-state index is 13.0. The van der Waals surface area contributed by atoms with Gasteiger partial charge in [0.2, 0.25) is 11.9 Å². The lowest BCUT2D eigenvalue weighted by Gasteiger charge is -2.44. The fraction of sp³-hybridized carbons (Fsp3) is 0.762. The van der Waals surface area contributed by atoms with E-state index in [0.717, 1.165) is 63.4 Å². The number of hydrogen-bond donors (Lipinski definition) is 0. The van der Waals surface area contributed by atoms with Crippen LogP contribution >= 0.6 is 0 Å². The van der Waals surface area contributed by atoms with Gasteiger partial charge in [0.25, 0.3) is 0 Å². The largest absolute Gasteiger partial charge is 0.341 e. The van der Waals surface area contributed by atoms with Crippen molar-refractivity contribution in [2.24, 2.45) is 16.7 Å². The average Bonchev–Trinajstić information content (AvgIpc) is 2.89. The van der Waals surface area contributed by atoms with Gasteiger partial charge in [-0.2, -0.15) is 0 Å². The summed E-state index contributed by atoms with van der Waals surface area (Å²) in [5.74, 6) is 1.54. The number of aryl methyl sites for hydroxylation is 1. The van der Waals surface area contributed by atoms with Crippen LogP contribution in [0.1, 0.15) is 58.6 Å². The second-order valence-electron chi connectivity index (χ2n) is 9.77. The minimum Gasteiger partial charge on any atom is -0.341 e. The molecule has 2 aliphatic heterocycles. The molecule has 3 aliphatic rings. The summed E-state index contributed by atoms with van der Waals surface area (Å²) in [4.78, 5) is 26.5. The standard InChI is InChI=1S/C21H32N4O/c1-15-5-8-22-19(23-15)24-9-6-21(7-10-24)11-16(2)25(14-21)18(26)17-12-20(3,4)13-17/h5,8,16-17H,6-7,9-14H2,1-4H3. The summed E-state index contributed by atoms with van der Waals surface area (Å²) in [6, 6.07) is 2.33. The van der Waals surface area contributed by atoms with Gasteiger partial charge in [-0.05, 0) is 62.8 Å². The van der Waals surface area contributed by atoms with Crippen LogP contribution < -0.4 is 4.90 Å². The number of carbonyl (C=O) groups excluding carboxylic acids is 1. The van der Waals surface area contributed by atoms with Crippen LogP contribution in [0.2, 0.25) is 0 Å². The number of nitrogens with zero attached hydrogens (tertiary/aromatic N) is 4. The molecular weight excluding hydrogens is 324 g/mol. The second kappa shape index (κ2) is 6.21. The number of anilines is 1. The van der Waals surface area contributed by atoms with E-state index in [2.05, 4.69) is 40.5 Å². The van der Waals surface area contributed by atoms with Gasteiger partial charge < -0.3 is 9.80 Å². The lowest BCUT2D eigenvalue weighted by molar-refractivity contribution is -0.143. The first-order valence-corrected chi connectivity index (χ1v) is 10.1. The predicted octanol–water partition coefficient (Wildman–Crippen LogP) is 3.43. The Labute approximate surface area is 157 Å². The third kappa shape index (κ3) is 3.21. The van der Waals surface area contributed by atoms with E-state index in [-0.39, 0.29) is 5.92 Å². The monoisotopic (exact) mass is 356 g/mol. The third-order valence-corrected chi connectivity index (χ3v) is 6.89. The van der Waals surface area contributed by atoms with E-state index in [9.17, 15) is 4.79 Å². The zero-order valence-corrected chi connectivity index (χ0v) is 16.7. The van der Waals surface area contributed by atoms with Crippen LogP contribution in [0.3, 0.4) is 0 Å². The van der Waals surface area contributed by atoms with Crippen molar-refractivity contribution >= 4 is 11.9 Å². The number of hydrogen-bond acceptors (Lipinski definition) is 4. The molecule has 1 aromatic rings. The Kier molecular flexibility index (Phi) is 4.24. The maximum absolute atomic E-state index is 13.0. The first-order valence-electron chi connectivity index (χ1n) is 10.1. The highest BCUT2D eigenvalue weighted by atomic mass is 16.2. The molecule has 1 atom stereocenters. The molecule has 1 aliphatic carbocycles. The van der Waals surface area contributed by atoms with Gasteiger partial charge in [-0.15, -0.1) is 0 Å². The highest BCUT2D eigenvalue weighted by molar-refractivity contribution is 5.80. The van der Waals surface area contributed by atoms with Crippen molar-refractivity contribution in [2.45, 2.75) is 65.8 Å². The number of likely N-dealkylation sites (tertiary alicyclic amines) is 1. The van der Waals surface area contributed by atoms with Crippen molar-refractivity contribution in [1.82, 2.24) is 14.9 Å². The quantitative estimate of drug-likeness (QED) is 0.815. The molecule has 2 saturated heterocycles. The van der Waals surface area contributed by atoms with E-state index >= 15 is 0 Å². The fourth-order valence-electron chi connectivity index (χ4n) is 5.43. The van der Waals surface area contributed by atoms with E-state index in [4.69, 9.17) is 0 Å². The summed E-state index contributed by atoms with van der Waals surface area (Å²) in [7, 11) is 0. The number of rotatable bonds is 2. The van der Waals surface area contributed by atoms with Gasteiger partial charge in [-0.1, -0.05) is 13.8 Å². The fourth-order valence-corrected chi connectivity index (χ4v) is 5.43. The van der Waals surface area contributed by atoms with Crippen molar-refractivity contribution < 1.29 is 4.79 Å². The van der Waals surface area contributed by atoms with Crippen molar-refractivity contribution in [3.8, 4) is 0 Å². The van der Waals surface area contributed by atoms with E-state index in [1.54, 1.807) is 0 Å². The van der Waals surface area contributed by atoms with Gasteiger partial charge in [0.15, 0.2) is 0 Å². The molecule has 0 bridgehead atoms. The van der Waals surface area contributed by atoms with Crippen LogP contribution in [0.25, 0.3) is 0 Å². The highest BCUT2D eigenvalue weighted by Crippen LogP contribution is 2.49. The Bertz CT molecular complexity index is 685. The summed E-state index contributed by atoms with van der Waals surface area (Å²) >= 11 is 0. The van der Waals surface area contributed by atoms with Crippen LogP contribution in [0, 0.1) is 23.7 Å². The van der Waals surface area contributed by atoms with Crippen molar-refractivity contribution in [2.75, 3.05) is 24.5 Å². The van der Waals surface area contributed by atoms with Crippen molar-refractivity contribution in [3.05, 3.63) is 18.0 Å². The average molecular weight is 357 g/mol. The van der Waals surface area contributed by atoms with Crippen molar-refractivity contribution in [3.63, 3.8) is 0 Å². The lowest BCUT2D eigenvalue weighted by atomic mass is 9.64. The predicted molar refractivity (Wildman–Crippen MR) is 103 cm³/mol. The Hall–Kier alpha value is -1.65. The number of amides is 1. The van der Waals surface area contributed by atoms with Gasteiger partial charge in [0, 0.05) is 43.5 Å². The Balaban J connectivity index is 1.38. The topological polar surface area (TPSA) is 49.3 Å². The first kappa shape index (κ1) is 17.7. The second-order valence-corrected chi connectivity index (χ2v) is 9.77. The number of piperidine rings is 1. The van der Waals surface area contributed by atoms with Gasteiger partial charge >= 0.3 is 0 Å². The molecule has 142 valence electrons. The van der Waals surface area contributed by atoms with E-state index in [1.807, 2.05) is 19.2 Å². The van der Waals surface area contributed by atoms with Gasteiger partial charge in [-0.3, -0.25) is 4.79 Å². The molecule has 1 saturated carbocycles. The summed E-state index contributed by atoms with van der Waals surface area (Å²) in [6.45, 7) is 11.7. The van der Waals surface area contributed by atoms with Crippen LogP contribution in [0.4, 0.5) is 5.95 Å². The molecule has 0 N–H and O–H groups in total. The zero-order chi connectivity index (χ0) is 18.5. The molecule has 1 aromatic heterocycles. The molecule has 26 heavy (non-hydrogen) atoms. The first-order chi connectivity index (χ1) is 12.3. The summed E-state index contributed by atoms with van der Waals surface area (Å²) in [5.41, 5.74) is 1.68. The normalized spacial score (nSPS) is 27.6. The van der Waals surface area contributed by atoms with E-state index in [1.165, 1.54) is 0 Å². The van der Waals surface area contributed by atoms with Crippen LogP contribution in [-0.2, 0) is 4.79 Å². The molecule has 1 amide bonds. The molecular formula is C21H32N4O. The zero-order valence-electron chi connectivity index (χ0n) is 16.7. The molecule has 1 unspecified atom stereocenters. The van der Waals surface area contributed by atoms with Gasteiger partial charge in [-0.25, -0.2) is 9.97 Å². The molecule has 0 aromatic carbocycles. The molecule has 5 nitrogen and oxygen atoms in total. The summed E-state index contributed by atoms with van der Waals surface area (Å²) in [5, 5.41) is 0. The number of aromatic nitrogens is 2. The SMILES string of the molecule is Cc1ccnc(N2CCC3(CC2)CC(C)N(C(=O)C2CC(C)(C)C2)C3)n1. The smallest absolute Gasteiger partial charge is 0.225 e. The Morgan fingerprint density at radius 3 is 2.50 bits per heavy atom. The molecule has 3 fully saturated rings. The van der Waals surface area contributed by atoms with E-state index in [0.29, 0.717) is 22.8 Å². The maximum Gasteiger partial charge on any atom is 0.225 e. The molecule has 1 spiro atoms. The van der Waals surface area contributed by atoms with Crippen molar-refractivity contribution in [1.29, 1.82) is 0 Å². The van der Waals surface area contributed by atoms with Crippen LogP contribution in [-0.4, -0.2) is 46.5 Å². The summed E-state index contributed by atoms with van der Waals surface area (Å²) in [6.07, 6.45) is 7.38. The minimum atomic E-state index is 0.267. The molecule has 3 heterocycles. The van der Waals surface area contributed by atoms with Gasteiger partial charge in [0.05, 0.1) is 0 Å². The Morgan fingerprint density at radius 2 is 1.88 bits per heavy atom. The molecule has 4 rings (SSSR count). The lowest BCUT2D eigenvalue weighted by Crippen LogP contribution is -2.47. The van der Waals surface area contributed by atoms with E-state index < -0.39 is 0 Å². The van der Waals surface area contributed by atoms with Crippen LogP contribution in [0.15, 0.2) is 12.3 Å². The molecule has 0 radical (unpaired) electrons. The molecule has 5 heteroatoms. The third-order valence-electron chi connectivity index (χ3n) is 6.89. The minimum absolute atomic E-state index is 0.267. The summed E-state index contributed by atoms with van der Waals surface area (Å²) < 4.78 is 0. The highest BCUT2D eigenvalue weighted by Gasteiger charge is 2.49. The Morgan fingerprint density at radius 1 is 1.19 bits per heavy atom. The van der Waals surface area contributed by atoms with Crippen LogP contribution in [0.5, 0.6) is 0 Å². The number of carbonyl (C=O) groups is 1.